The first-order valence-electron chi connectivity index (χ1n) is 4.15. The predicted molar refractivity (Wildman–Crippen MR) is 47.5 cm³/mol. The summed E-state index contributed by atoms with van der Waals surface area (Å²) >= 11 is 0. The smallest absolute Gasteiger partial charge is 0.790 e. The van der Waals surface area contributed by atoms with E-state index in [9.17, 15) is 0 Å². The summed E-state index contributed by atoms with van der Waals surface area (Å²) in [5, 5.41) is 25.5. The third-order valence-electron chi connectivity index (χ3n) is 1.25. The number of hydrogen-bond acceptors (Lipinski definition) is 7. The molecule has 0 atom stereocenters. The summed E-state index contributed by atoms with van der Waals surface area (Å²) in [7, 11) is -5.14. The van der Waals surface area contributed by atoms with Crippen molar-refractivity contribution in [2.75, 3.05) is 39.5 Å². The van der Waals surface area contributed by atoms with Crippen LogP contribution in [0.15, 0.2) is 0 Å². The Morgan fingerprint density at radius 3 is 1.18 bits per heavy atom. The Hall–Kier alpha value is 1.95. The second kappa shape index (κ2) is 17.9. The van der Waals surface area contributed by atoms with E-state index in [-0.39, 0.29) is 78.9 Å². The average molecular weight is 291 g/mol. The van der Waals surface area contributed by atoms with Gasteiger partial charge in [-0.1, -0.05) is 0 Å². The molecule has 0 aromatic rings. The van der Waals surface area contributed by atoms with Gasteiger partial charge in [-0.15, -0.1) is 0 Å². The molecule has 0 fully saturated rings. The molecule has 0 aromatic carbocycles. The van der Waals surface area contributed by atoms with Crippen LogP contribution in [0.1, 0.15) is 0 Å². The summed E-state index contributed by atoms with van der Waals surface area (Å²) in [5.74, 6) is 0. The van der Waals surface area contributed by atoms with E-state index in [1.165, 1.54) is 0 Å². The Labute approximate surface area is 144 Å². The second-order valence-corrected chi connectivity index (χ2v) is 3.42. The normalized spacial score (nSPS) is 9.82. The third kappa shape index (κ3) is 38.1. The maximum Gasteiger partial charge on any atom is 1.00 e. The average Bonchev–Trinajstić information content (AvgIpc) is 2.02. The molecule has 0 saturated heterocycles. The van der Waals surface area contributed by atoms with Gasteiger partial charge in [-0.05, 0) is 0 Å². The van der Waals surface area contributed by atoms with Crippen molar-refractivity contribution in [3.05, 3.63) is 0 Å². The van der Waals surface area contributed by atoms with Crippen LogP contribution in [0.5, 0.6) is 0 Å². The van der Waals surface area contributed by atoms with Crippen LogP contribution in [-0.4, -0.2) is 64.6 Å². The van der Waals surface area contributed by atoms with Gasteiger partial charge in [0.15, 0.2) is 0 Å². The molecule has 0 saturated carbocycles. The molecule has 0 spiro atoms. The zero-order valence-electron chi connectivity index (χ0n) is 10.2. The Balaban J connectivity index is -0.000000105. The maximum absolute atomic E-state index is 8.66. The minimum Gasteiger partial charge on any atom is -0.790 e. The van der Waals surface area contributed by atoms with Gasteiger partial charge >= 0.3 is 59.1 Å². The standard InChI is InChI=1S/C6H15NO3.2Na.H3O4P/c8-4-1-7(2-5-9)3-6-10;;;1-5(2,3)4/h8-10H,1-6H2;;;(H3,1,2,3,4)/q;2*+1;/p-2. The van der Waals surface area contributed by atoms with Crippen molar-refractivity contribution < 1.29 is 93.7 Å². The molecular formula is C6H16NNa2O7P. The van der Waals surface area contributed by atoms with Crippen LogP contribution in [-0.2, 0) is 4.57 Å². The number of aliphatic hydroxyl groups excluding tert-OH is 3. The molecule has 8 nitrogen and oxygen atoms in total. The number of phosphoric acid groups is 1. The van der Waals surface area contributed by atoms with Gasteiger partial charge in [-0.3, -0.25) is 4.90 Å². The Morgan fingerprint density at radius 2 is 1.06 bits per heavy atom. The van der Waals surface area contributed by atoms with Crippen molar-refractivity contribution in [1.82, 2.24) is 4.90 Å². The molecule has 0 amide bonds. The quantitative estimate of drug-likeness (QED) is 0.278. The third-order valence-corrected chi connectivity index (χ3v) is 1.25. The van der Waals surface area contributed by atoms with Crippen LogP contribution < -0.4 is 68.9 Å². The fourth-order valence-corrected chi connectivity index (χ4v) is 0.760. The van der Waals surface area contributed by atoms with Gasteiger partial charge in [-0.2, -0.15) is 0 Å². The van der Waals surface area contributed by atoms with Crippen LogP contribution >= 0.6 is 7.82 Å². The van der Waals surface area contributed by atoms with Crippen molar-refractivity contribution in [1.29, 1.82) is 0 Å². The van der Waals surface area contributed by atoms with E-state index >= 15 is 0 Å². The molecule has 0 aliphatic carbocycles. The molecule has 4 N–H and O–H groups in total. The molecule has 0 aliphatic rings. The summed E-state index contributed by atoms with van der Waals surface area (Å²) in [5.41, 5.74) is 0. The Bertz CT molecular complexity index is 159. The van der Waals surface area contributed by atoms with Crippen molar-refractivity contribution in [2.24, 2.45) is 0 Å². The molecule has 0 aliphatic heterocycles. The van der Waals surface area contributed by atoms with E-state index in [0.29, 0.717) is 19.6 Å². The van der Waals surface area contributed by atoms with Gasteiger partial charge in [0, 0.05) is 19.6 Å². The predicted octanol–water partition coefficient (Wildman–Crippen LogP) is -9.92. The van der Waals surface area contributed by atoms with Crippen LogP contribution in [0.2, 0.25) is 0 Å². The molecular weight excluding hydrogens is 275 g/mol. The van der Waals surface area contributed by atoms with Gasteiger partial charge in [0.05, 0.1) is 27.6 Å². The van der Waals surface area contributed by atoms with Crippen molar-refractivity contribution >= 4 is 7.82 Å². The molecule has 0 rings (SSSR count). The van der Waals surface area contributed by atoms with Gasteiger partial charge in [0.25, 0.3) is 0 Å². The van der Waals surface area contributed by atoms with E-state index < -0.39 is 7.82 Å². The first-order valence-corrected chi connectivity index (χ1v) is 5.64. The number of aliphatic hydroxyl groups is 3. The summed E-state index contributed by atoms with van der Waals surface area (Å²) in [6.45, 7) is 1.75. The Kier molecular flexibility index (Phi) is 28.8. The molecule has 0 bridgehead atoms. The van der Waals surface area contributed by atoms with Crippen LogP contribution in [0.4, 0.5) is 0 Å². The van der Waals surface area contributed by atoms with Crippen LogP contribution in [0, 0.1) is 0 Å². The maximum atomic E-state index is 8.66. The van der Waals surface area contributed by atoms with Gasteiger partial charge in [-0.25, -0.2) is 0 Å². The summed E-state index contributed by atoms with van der Waals surface area (Å²) < 4.78 is 8.66. The van der Waals surface area contributed by atoms with Gasteiger partial charge in [0.1, 0.15) is 0 Å². The zero-order chi connectivity index (χ0) is 12.3. The van der Waals surface area contributed by atoms with Crippen molar-refractivity contribution in [3.63, 3.8) is 0 Å². The summed E-state index contributed by atoms with van der Waals surface area (Å²) in [4.78, 5) is 26.1. The molecule has 0 aromatic heterocycles. The zero-order valence-corrected chi connectivity index (χ0v) is 15.0. The molecule has 0 heterocycles. The number of rotatable bonds is 6. The Morgan fingerprint density at radius 1 is 0.882 bits per heavy atom. The fraction of sp³-hybridized carbons (Fsp3) is 1.00. The van der Waals surface area contributed by atoms with E-state index in [4.69, 9.17) is 34.6 Å². The molecule has 17 heavy (non-hydrogen) atoms. The summed E-state index contributed by atoms with van der Waals surface area (Å²) in [6.07, 6.45) is 0. The minimum absolute atomic E-state index is 0. The van der Waals surface area contributed by atoms with Crippen molar-refractivity contribution in [3.8, 4) is 0 Å². The topological polar surface area (TPSA) is 147 Å². The number of nitrogens with zero attached hydrogens (tertiary/aromatic N) is 1. The van der Waals surface area contributed by atoms with Gasteiger partial charge < -0.3 is 34.6 Å². The molecule has 11 heteroatoms. The van der Waals surface area contributed by atoms with Crippen molar-refractivity contribution in [2.45, 2.75) is 0 Å². The molecule has 94 valence electrons. The van der Waals surface area contributed by atoms with E-state index in [2.05, 4.69) is 0 Å². The van der Waals surface area contributed by atoms with Crippen LogP contribution in [0.3, 0.4) is 0 Å². The number of hydrogen-bond donors (Lipinski definition) is 4. The molecule has 0 radical (unpaired) electrons. The SMILES string of the molecule is O=P([O-])([O-])O.OCCN(CCO)CCO.[Na+].[Na+]. The van der Waals surface area contributed by atoms with E-state index in [1.54, 1.807) is 4.90 Å². The molecule has 0 unspecified atom stereocenters. The first kappa shape index (κ1) is 27.3. The monoisotopic (exact) mass is 291 g/mol. The van der Waals surface area contributed by atoms with E-state index in [1.807, 2.05) is 0 Å². The van der Waals surface area contributed by atoms with Crippen LogP contribution in [0.25, 0.3) is 0 Å². The van der Waals surface area contributed by atoms with E-state index in [0.717, 1.165) is 0 Å². The largest absolute Gasteiger partial charge is 1.00 e. The minimum atomic E-state index is -5.14. The second-order valence-electron chi connectivity index (χ2n) is 2.48. The van der Waals surface area contributed by atoms with Gasteiger partial charge in [0.2, 0.25) is 0 Å². The summed E-state index contributed by atoms with van der Waals surface area (Å²) in [6, 6.07) is 0. The fourth-order valence-electron chi connectivity index (χ4n) is 0.760. The first-order chi connectivity index (χ1) is 6.85.